The van der Waals surface area contributed by atoms with Crippen LogP contribution >= 0.6 is 11.6 Å². The SMILES string of the molecule is O=C(O)CCNC(=O)N1CCC(n2cc(Cl)cn2)C1. The van der Waals surface area contributed by atoms with Crippen molar-refractivity contribution in [1.29, 1.82) is 0 Å². The van der Waals surface area contributed by atoms with Crippen molar-refractivity contribution >= 4 is 23.6 Å². The fraction of sp³-hybridized carbons (Fsp3) is 0.545. The van der Waals surface area contributed by atoms with Gasteiger partial charge in [0, 0.05) is 25.8 Å². The van der Waals surface area contributed by atoms with Gasteiger partial charge in [-0.3, -0.25) is 9.48 Å². The number of rotatable bonds is 4. The molecule has 1 saturated heterocycles. The first-order chi connectivity index (χ1) is 9.06. The smallest absolute Gasteiger partial charge is 0.317 e. The zero-order chi connectivity index (χ0) is 13.8. The first-order valence-corrected chi connectivity index (χ1v) is 6.38. The first kappa shape index (κ1) is 13.7. The van der Waals surface area contributed by atoms with Crippen LogP contribution < -0.4 is 5.32 Å². The van der Waals surface area contributed by atoms with Gasteiger partial charge in [-0.2, -0.15) is 5.10 Å². The van der Waals surface area contributed by atoms with Gasteiger partial charge in [0.1, 0.15) is 0 Å². The third kappa shape index (κ3) is 3.60. The van der Waals surface area contributed by atoms with Crippen LogP contribution in [0.3, 0.4) is 0 Å². The van der Waals surface area contributed by atoms with Gasteiger partial charge in [-0.1, -0.05) is 11.6 Å². The zero-order valence-electron chi connectivity index (χ0n) is 10.3. The van der Waals surface area contributed by atoms with Crippen LogP contribution in [0.25, 0.3) is 0 Å². The van der Waals surface area contributed by atoms with Gasteiger partial charge >= 0.3 is 12.0 Å². The van der Waals surface area contributed by atoms with E-state index < -0.39 is 5.97 Å². The van der Waals surface area contributed by atoms with E-state index in [0.717, 1.165) is 6.42 Å². The molecule has 2 N–H and O–H groups in total. The third-order valence-corrected chi connectivity index (χ3v) is 3.20. The highest BCUT2D eigenvalue weighted by molar-refractivity contribution is 6.30. The molecule has 0 bridgehead atoms. The Hall–Kier alpha value is -1.76. The largest absolute Gasteiger partial charge is 0.481 e. The zero-order valence-corrected chi connectivity index (χ0v) is 11.0. The number of likely N-dealkylation sites (tertiary alicyclic amines) is 1. The third-order valence-electron chi connectivity index (χ3n) is 3.01. The van der Waals surface area contributed by atoms with Crippen LogP contribution in [0.2, 0.25) is 5.02 Å². The Balaban J connectivity index is 1.81. The van der Waals surface area contributed by atoms with Crippen molar-refractivity contribution < 1.29 is 14.7 Å². The normalized spacial score (nSPS) is 18.6. The number of amides is 2. The lowest BCUT2D eigenvalue weighted by atomic mass is 10.3. The maximum absolute atomic E-state index is 11.8. The van der Waals surface area contributed by atoms with Crippen molar-refractivity contribution in [2.75, 3.05) is 19.6 Å². The molecule has 8 heteroatoms. The van der Waals surface area contributed by atoms with Crippen molar-refractivity contribution in [3.05, 3.63) is 17.4 Å². The molecule has 2 heterocycles. The standard InChI is InChI=1S/C11H15ClN4O3/c12-8-5-14-16(6-8)9-2-4-15(7-9)11(19)13-3-1-10(17)18/h5-6,9H,1-4,7H2,(H,13,19)(H,17,18). The Bertz CT molecular complexity index is 476. The molecule has 0 aliphatic carbocycles. The average molecular weight is 287 g/mol. The summed E-state index contributed by atoms with van der Waals surface area (Å²) >= 11 is 5.80. The number of carboxylic acid groups (broad SMARTS) is 1. The number of nitrogens with zero attached hydrogens (tertiary/aromatic N) is 3. The molecule has 0 radical (unpaired) electrons. The summed E-state index contributed by atoms with van der Waals surface area (Å²) in [6, 6.07) is -0.111. The maximum atomic E-state index is 11.8. The van der Waals surface area contributed by atoms with Gasteiger partial charge in [0.25, 0.3) is 0 Å². The van der Waals surface area contributed by atoms with E-state index in [1.807, 2.05) is 0 Å². The lowest BCUT2D eigenvalue weighted by molar-refractivity contribution is -0.136. The number of aliphatic carboxylic acids is 1. The summed E-state index contributed by atoms with van der Waals surface area (Å²) in [4.78, 5) is 23.8. The summed E-state index contributed by atoms with van der Waals surface area (Å²) in [5.74, 6) is -0.925. The second kappa shape index (κ2) is 5.92. The van der Waals surface area contributed by atoms with Crippen LogP contribution in [-0.2, 0) is 4.79 Å². The molecule has 2 amide bonds. The van der Waals surface area contributed by atoms with Crippen LogP contribution in [0.15, 0.2) is 12.4 Å². The van der Waals surface area contributed by atoms with Crippen molar-refractivity contribution in [2.45, 2.75) is 18.9 Å². The molecule has 1 fully saturated rings. The quantitative estimate of drug-likeness (QED) is 0.863. The molecule has 0 saturated carbocycles. The number of hydrogen-bond donors (Lipinski definition) is 2. The van der Waals surface area contributed by atoms with Gasteiger partial charge in [0.2, 0.25) is 0 Å². The van der Waals surface area contributed by atoms with E-state index in [0.29, 0.717) is 18.1 Å². The number of nitrogens with one attached hydrogen (secondary N) is 1. The highest BCUT2D eigenvalue weighted by atomic mass is 35.5. The topological polar surface area (TPSA) is 87.5 Å². The van der Waals surface area contributed by atoms with E-state index >= 15 is 0 Å². The second-order valence-corrected chi connectivity index (χ2v) is 4.84. The number of carboxylic acids is 1. The lowest BCUT2D eigenvalue weighted by Crippen LogP contribution is -2.39. The van der Waals surface area contributed by atoms with Gasteiger partial charge in [-0.25, -0.2) is 4.79 Å². The molecule has 1 aliphatic heterocycles. The maximum Gasteiger partial charge on any atom is 0.317 e. The number of hydrogen-bond acceptors (Lipinski definition) is 3. The molecule has 0 spiro atoms. The van der Waals surface area contributed by atoms with E-state index in [2.05, 4.69) is 10.4 Å². The Kier molecular flexibility index (Phi) is 4.26. The second-order valence-electron chi connectivity index (χ2n) is 4.40. The predicted octanol–water partition coefficient (Wildman–Crippen LogP) is 0.968. The van der Waals surface area contributed by atoms with Crippen molar-refractivity contribution in [2.24, 2.45) is 0 Å². The number of aromatic nitrogens is 2. The van der Waals surface area contributed by atoms with Crippen LogP contribution in [0.4, 0.5) is 4.79 Å². The minimum absolute atomic E-state index is 0.0717. The van der Waals surface area contributed by atoms with Crippen LogP contribution in [0.1, 0.15) is 18.9 Å². The van der Waals surface area contributed by atoms with Gasteiger partial charge in [-0.15, -0.1) is 0 Å². The summed E-state index contributed by atoms with van der Waals surface area (Å²) < 4.78 is 1.76. The Morgan fingerprint density at radius 3 is 3.00 bits per heavy atom. The minimum atomic E-state index is -0.925. The molecule has 7 nitrogen and oxygen atoms in total. The number of urea groups is 1. The predicted molar refractivity (Wildman–Crippen MR) is 68.1 cm³/mol. The minimum Gasteiger partial charge on any atom is -0.481 e. The molecule has 1 atom stereocenters. The summed E-state index contributed by atoms with van der Waals surface area (Å²) in [6.45, 7) is 1.32. The van der Waals surface area contributed by atoms with E-state index in [9.17, 15) is 9.59 Å². The van der Waals surface area contributed by atoms with Gasteiger partial charge < -0.3 is 15.3 Å². The van der Waals surface area contributed by atoms with E-state index in [1.165, 1.54) is 0 Å². The summed E-state index contributed by atoms with van der Waals surface area (Å²) in [6.07, 6.45) is 4.04. The number of carbonyl (C=O) groups excluding carboxylic acids is 1. The molecular formula is C11H15ClN4O3. The summed E-state index contributed by atoms with van der Waals surface area (Å²) in [5, 5.41) is 15.8. The average Bonchev–Trinajstić information content (AvgIpc) is 2.96. The molecule has 1 aliphatic rings. The highest BCUT2D eigenvalue weighted by Crippen LogP contribution is 2.22. The van der Waals surface area contributed by atoms with Crippen molar-refractivity contribution in [1.82, 2.24) is 20.0 Å². The molecule has 19 heavy (non-hydrogen) atoms. The summed E-state index contributed by atoms with van der Waals surface area (Å²) in [5.41, 5.74) is 0. The molecule has 2 rings (SSSR count). The fourth-order valence-corrected chi connectivity index (χ4v) is 2.19. The van der Waals surface area contributed by atoms with Gasteiger partial charge in [0.05, 0.1) is 23.7 Å². The van der Waals surface area contributed by atoms with Crippen LogP contribution in [0.5, 0.6) is 0 Å². The first-order valence-electron chi connectivity index (χ1n) is 6.00. The molecule has 0 aromatic carbocycles. The Morgan fingerprint density at radius 1 is 1.58 bits per heavy atom. The Morgan fingerprint density at radius 2 is 2.37 bits per heavy atom. The van der Waals surface area contributed by atoms with Crippen LogP contribution in [0, 0.1) is 0 Å². The van der Waals surface area contributed by atoms with Gasteiger partial charge in [-0.05, 0) is 6.42 Å². The van der Waals surface area contributed by atoms with Crippen molar-refractivity contribution in [3.8, 4) is 0 Å². The Labute approximate surface area is 115 Å². The van der Waals surface area contributed by atoms with Crippen LogP contribution in [-0.4, -0.2) is 51.4 Å². The van der Waals surface area contributed by atoms with E-state index in [4.69, 9.17) is 16.7 Å². The fourth-order valence-electron chi connectivity index (χ4n) is 2.04. The molecular weight excluding hydrogens is 272 g/mol. The molecule has 1 aromatic rings. The molecule has 104 valence electrons. The molecule has 1 aromatic heterocycles. The van der Waals surface area contributed by atoms with E-state index in [1.54, 1.807) is 22.0 Å². The van der Waals surface area contributed by atoms with Gasteiger partial charge in [0.15, 0.2) is 0 Å². The highest BCUT2D eigenvalue weighted by Gasteiger charge is 2.27. The number of carbonyl (C=O) groups is 2. The molecule has 1 unspecified atom stereocenters. The lowest BCUT2D eigenvalue weighted by Gasteiger charge is -2.17. The van der Waals surface area contributed by atoms with E-state index in [-0.39, 0.29) is 25.0 Å². The van der Waals surface area contributed by atoms with Crippen molar-refractivity contribution in [3.63, 3.8) is 0 Å². The monoisotopic (exact) mass is 286 g/mol. The summed E-state index contributed by atoms with van der Waals surface area (Å²) in [7, 11) is 0. The number of halogens is 1.